The Balaban J connectivity index is 0.992. The van der Waals surface area contributed by atoms with Crippen molar-refractivity contribution in [1.82, 2.24) is 0 Å². The Bertz CT molecular complexity index is 2960. The first kappa shape index (κ1) is 44.8. The third-order valence-corrected chi connectivity index (χ3v) is 16.7. The van der Waals surface area contributed by atoms with Gasteiger partial charge >= 0.3 is 0 Å². The van der Waals surface area contributed by atoms with E-state index in [0.717, 1.165) is 24.2 Å². The maximum absolute atomic E-state index is 2.52. The number of hydrogen-bond acceptors (Lipinski definition) is 2. The first-order chi connectivity index (χ1) is 33.6. The average molecular weight is 901 g/mol. The van der Waals surface area contributed by atoms with Gasteiger partial charge in [-0.15, -0.1) is 0 Å². The highest BCUT2D eigenvalue weighted by Crippen LogP contribution is 2.55. The van der Waals surface area contributed by atoms with Crippen LogP contribution in [0.5, 0.6) is 0 Å². The molecule has 0 unspecified atom stereocenters. The Hall–Kier alpha value is -6.64. The summed E-state index contributed by atoms with van der Waals surface area (Å²) in [4.78, 5) is 4.89. The standard InChI is InChI=1S/C67H68N2/c1-65(2,3)51-43-45-67(46-44-51,52-31-37-57(38-32-52)68(54-23-14-8-15-24-54)55-25-16-9-17-26-55)53-33-39-58(40-34-53)69(56-35-29-49(30-36-56)48-19-10-6-11-20-48)59-41-42-61-63(47-59)66(4,5)62-28-18-27-60(64(61)62)50-21-12-7-13-22-50/h7-9,12-18,21-42,47-48,51H,6,10-11,19-20,43-46H2,1-5H3. The molecule has 8 aromatic rings. The second-order valence-corrected chi connectivity index (χ2v) is 22.0. The maximum Gasteiger partial charge on any atom is 0.0465 e. The van der Waals surface area contributed by atoms with Crippen LogP contribution in [0, 0.1) is 11.3 Å². The molecule has 0 heterocycles. The molecule has 3 aliphatic rings. The largest absolute Gasteiger partial charge is 0.311 e. The third kappa shape index (κ3) is 8.41. The van der Waals surface area contributed by atoms with Crippen molar-refractivity contribution in [3.05, 3.63) is 228 Å². The molecule has 11 rings (SSSR count). The molecule has 0 saturated heterocycles. The molecule has 0 aliphatic heterocycles. The van der Waals surface area contributed by atoms with Gasteiger partial charge in [0.15, 0.2) is 0 Å². The van der Waals surface area contributed by atoms with E-state index in [1.165, 1.54) is 118 Å². The minimum Gasteiger partial charge on any atom is -0.311 e. The number of rotatable bonds is 10. The van der Waals surface area contributed by atoms with Gasteiger partial charge in [0, 0.05) is 45.0 Å². The van der Waals surface area contributed by atoms with Crippen LogP contribution in [0.2, 0.25) is 0 Å². The second-order valence-electron chi connectivity index (χ2n) is 22.0. The molecule has 2 fully saturated rings. The van der Waals surface area contributed by atoms with Crippen molar-refractivity contribution in [2.45, 2.75) is 109 Å². The number of fused-ring (bicyclic) bond motifs is 3. The number of nitrogens with zero attached hydrogens (tertiary/aromatic N) is 2. The minimum atomic E-state index is -0.154. The van der Waals surface area contributed by atoms with E-state index in [1.54, 1.807) is 0 Å². The van der Waals surface area contributed by atoms with Crippen LogP contribution in [-0.4, -0.2) is 0 Å². The zero-order valence-corrected chi connectivity index (χ0v) is 41.5. The molecule has 0 atom stereocenters. The van der Waals surface area contributed by atoms with Gasteiger partial charge in [-0.25, -0.2) is 0 Å². The number of anilines is 6. The molecule has 0 amide bonds. The predicted molar refractivity (Wildman–Crippen MR) is 293 cm³/mol. The van der Waals surface area contributed by atoms with Gasteiger partial charge in [-0.2, -0.15) is 0 Å². The van der Waals surface area contributed by atoms with E-state index in [0.29, 0.717) is 11.8 Å². The fraction of sp³-hybridized carbons (Fsp3) is 0.284. The quantitative estimate of drug-likeness (QED) is 0.135. The molecule has 0 bridgehead atoms. The van der Waals surface area contributed by atoms with Crippen LogP contribution >= 0.6 is 0 Å². The van der Waals surface area contributed by atoms with E-state index >= 15 is 0 Å². The van der Waals surface area contributed by atoms with Gasteiger partial charge in [-0.05, 0) is 179 Å². The van der Waals surface area contributed by atoms with E-state index in [2.05, 4.69) is 245 Å². The van der Waals surface area contributed by atoms with Crippen molar-refractivity contribution in [2.75, 3.05) is 9.80 Å². The summed E-state index contributed by atoms with van der Waals surface area (Å²) >= 11 is 0. The van der Waals surface area contributed by atoms with Crippen LogP contribution in [-0.2, 0) is 10.8 Å². The first-order valence-corrected chi connectivity index (χ1v) is 25.9. The molecular weight excluding hydrogens is 833 g/mol. The summed E-state index contributed by atoms with van der Waals surface area (Å²) in [5, 5.41) is 0. The zero-order valence-electron chi connectivity index (χ0n) is 41.5. The molecule has 0 N–H and O–H groups in total. The molecule has 69 heavy (non-hydrogen) atoms. The maximum atomic E-state index is 2.52. The molecule has 346 valence electrons. The van der Waals surface area contributed by atoms with Gasteiger partial charge in [-0.3, -0.25) is 0 Å². The summed E-state index contributed by atoms with van der Waals surface area (Å²) in [5.74, 6) is 1.36. The fourth-order valence-corrected chi connectivity index (χ4v) is 12.7. The second kappa shape index (κ2) is 18.4. The van der Waals surface area contributed by atoms with Gasteiger partial charge < -0.3 is 9.80 Å². The van der Waals surface area contributed by atoms with Crippen molar-refractivity contribution in [2.24, 2.45) is 11.3 Å². The Kier molecular flexibility index (Phi) is 11.9. The summed E-state index contributed by atoms with van der Waals surface area (Å²) < 4.78 is 0. The molecule has 2 heteroatoms. The van der Waals surface area contributed by atoms with Crippen LogP contribution < -0.4 is 9.80 Å². The Labute approximate surface area is 412 Å². The summed E-state index contributed by atoms with van der Waals surface area (Å²) in [6.45, 7) is 12.1. The number of benzene rings is 8. The highest BCUT2D eigenvalue weighted by atomic mass is 15.1. The number of hydrogen-bond donors (Lipinski definition) is 0. The van der Waals surface area contributed by atoms with Gasteiger partial charge in [-0.1, -0.05) is 181 Å². The molecule has 2 saturated carbocycles. The normalized spacial score (nSPS) is 18.8. The van der Waals surface area contributed by atoms with Crippen molar-refractivity contribution in [3.63, 3.8) is 0 Å². The smallest absolute Gasteiger partial charge is 0.0465 e. The minimum absolute atomic E-state index is 0.0879. The van der Waals surface area contributed by atoms with Crippen LogP contribution in [0.25, 0.3) is 22.3 Å². The van der Waals surface area contributed by atoms with E-state index in [-0.39, 0.29) is 16.2 Å². The van der Waals surface area contributed by atoms with Gasteiger partial charge in [0.1, 0.15) is 0 Å². The van der Waals surface area contributed by atoms with Gasteiger partial charge in [0.05, 0.1) is 0 Å². The Morgan fingerprint density at radius 3 is 1.43 bits per heavy atom. The molecule has 0 spiro atoms. The van der Waals surface area contributed by atoms with Crippen LogP contribution in [0.15, 0.2) is 200 Å². The van der Waals surface area contributed by atoms with Crippen LogP contribution in [0.4, 0.5) is 34.1 Å². The fourth-order valence-electron chi connectivity index (χ4n) is 12.7. The molecule has 3 aliphatic carbocycles. The lowest BCUT2D eigenvalue weighted by atomic mass is 9.59. The van der Waals surface area contributed by atoms with Crippen molar-refractivity contribution >= 4 is 34.1 Å². The predicted octanol–water partition coefficient (Wildman–Crippen LogP) is 19.2. The molecule has 8 aromatic carbocycles. The van der Waals surface area contributed by atoms with Crippen molar-refractivity contribution < 1.29 is 0 Å². The third-order valence-electron chi connectivity index (χ3n) is 16.7. The molecule has 0 radical (unpaired) electrons. The number of para-hydroxylation sites is 2. The monoisotopic (exact) mass is 901 g/mol. The lowest BCUT2D eigenvalue weighted by molar-refractivity contribution is 0.146. The summed E-state index contributed by atoms with van der Waals surface area (Å²) in [5.41, 5.74) is 19.5. The topological polar surface area (TPSA) is 6.48 Å². The Morgan fingerprint density at radius 1 is 0.420 bits per heavy atom. The van der Waals surface area contributed by atoms with Crippen LogP contribution in [0.1, 0.15) is 126 Å². The van der Waals surface area contributed by atoms with Crippen LogP contribution in [0.3, 0.4) is 0 Å². The molecular formula is C67H68N2. The van der Waals surface area contributed by atoms with Gasteiger partial charge in [0.2, 0.25) is 0 Å². The average Bonchev–Trinajstić information content (AvgIpc) is 3.63. The van der Waals surface area contributed by atoms with E-state index in [9.17, 15) is 0 Å². The van der Waals surface area contributed by atoms with E-state index in [4.69, 9.17) is 0 Å². The summed E-state index contributed by atoms with van der Waals surface area (Å²) in [6.07, 6.45) is 11.3. The molecule has 0 aromatic heterocycles. The lowest BCUT2D eigenvalue weighted by Gasteiger charge is -2.45. The van der Waals surface area contributed by atoms with Crippen molar-refractivity contribution in [1.29, 1.82) is 0 Å². The SMILES string of the molecule is CC1(C)c2cc(N(c3ccc(C4CCCCC4)cc3)c3ccc(C4(c5ccc(N(c6ccccc6)c6ccccc6)cc5)CCC(C(C)(C)C)CC4)cc3)ccc2-c2c(-c3ccccc3)cccc21. The molecule has 2 nitrogen and oxygen atoms in total. The summed E-state index contributed by atoms with van der Waals surface area (Å²) in [6, 6.07) is 75.7. The van der Waals surface area contributed by atoms with Gasteiger partial charge in [0.25, 0.3) is 0 Å². The lowest BCUT2D eigenvalue weighted by Crippen LogP contribution is -2.36. The van der Waals surface area contributed by atoms with E-state index < -0.39 is 0 Å². The highest BCUT2D eigenvalue weighted by molar-refractivity contribution is 5.94. The zero-order chi connectivity index (χ0) is 47.2. The van der Waals surface area contributed by atoms with Crippen molar-refractivity contribution in [3.8, 4) is 22.3 Å². The highest BCUT2D eigenvalue weighted by Gasteiger charge is 2.42. The Morgan fingerprint density at radius 2 is 0.899 bits per heavy atom. The van der Waals surface area contributed by atoms with E-state index in [1.807, 2.05) is 0 Å². The first-order valence-electron chi connectivity index (χ1n) is 25.9. The summed E-state index contributed by atoms with van der Waals surface area (Å²) in [7, 11) is 0.